The first-order valence-corrected chi connectivity index (χ1v) is 12.2. The summed E-state index contributed by atoms with van der Waals surface area (Å²) in [6.07, 6.45) is 2.01. The zero-order valence-electron chi connectivity index (χ0n) is 17.6. The maximum atomic E-state index is 12.7. The summed E-state index contributed by atoms with van der Waals surface area (Å²) >= 11 is 3.38. The first-order valence-electron chi connectivity index (χ1n) is 9.82. The SMILES string of the molecule is CC(C)(C)CC(C)(C)NC(=O)C1CCN(S(=O)(=O)Cc2cccc(Br)c2)CC1. The maximum Gasteiger partial charge on any atom is 0.223 e. The van der Waals surface area contributed by atoms with E-state index in [1.807, 2.05) is 38.1 Å². The Hall–Kier alpha value is -0.920. The van der Waals surface area contributed by atoms with Crippen LogP contribution < -0.4 is 5.32 Å². The molecule has 1 aliphatic heterocycles. The second-order valence-corrected chi connectivity index (χ2v) is 12.6. The van der Waals surface area contributed by atoms with Gasteiger partial charge in [-0.2, -0.15) is 0 Å². The van der Waals surface area contributed by atoms with Gasteiger partial charge in [-0.25, -0.2) is 12.7 Å². The molecule has 1 saturated heterocycles. The third-order valence-corrected chi connectivity index (χ3v) is 7.23. The van der Waals surface area contributed by atoms with Gasteiger partial charge in [0, 0.05) is 29.0 Å². The highest BCUT2D eigenvalue weighted by atomic mass is 79.9. The van der Waals surface area contributed by atoms with E-state index < -0.39 is 10.0 Å². The Bertz CT molecular complexity index is 792. The van der Waals surface area contributed by atoms with Gasteiger partial charge in [0.05, 0.1) is 5.75 Å². The Morgan fingerprint density at radius 3 is 2.32 bits per heavy atom. The Morgan fingerprint density at radius 2 is 1.79 bits per heavy atom. The number of nitrogens with zero attached hydrogens (tertiary/aromatic N) is 1. The van der Waals surface area contributed by atoms with E-state index in [0.29, 0.717) is 25.9 Å². The van der Waals surface area contributed by atoms with Crippen LogP contribution in [0, 0.1) is 11.3 Å². The molecule has 0 saturated carbocycles. The molecular formula is C21H33BrN2O3S. The van der Waals surface area contributed by atoms with Crippen LogP contribution in [0.5, 0.6) is 0 Å². The smallest absolute Gasteiger partial charge is 0.223 e. The lowest BCUT2D eigenvalue weighted by Gasteiger charge is -2.36. The van der Waals surface area contributed by atoms with Crippen molar-refractivity contribution in [3.63, 3.8) is 0 Å². The maximum absolute atomic E-state index is 12.7. The number of hydrogen-bond acceptors (Lipinski definition) is 3. The van der Waals surface area contributed by atoms with E-state index in [1.54, 1.807) is 0 Å². The van der Waals surface area contributed by atoms with Crippen molar-refractivity contribution in [3.05, 3.63) is 34.3 Å². The number of sulfonamides is 1. The Labute approximate surface area is 178 Å². The summed E-state index contributed by atoms with van der Waals surface area (Å²) in [6.45, 7) is 11.4. The molecule has 1 amide bonds. The Morgan fingerprint density at radius 1 is 1.18 bits per heavy atom. The minimum atomic E-state index is -3.38. The van der Waals surface area contributed by atoms with Gasteiger partial charge in [0.2, 0.25) is 15.9 Å². The molecule has 0 aromatic heterocycles. The molecule has 1 N–H and O–H groups in total. The third-order valence-electron chi connectivity index (χ3n) is 4.89. The number of nitrogens with one attached hydrogen (secondary N) is 1. The van der Waals surface area contributed by atoms with Crippen molar-refractivity contribution in [2.24, 2.45) is 11.3 Å². The van der Waals surface area contributed by atoms with E-state index in [-0.39, 0.29) is 28.5 Å². The number of rotatable bonds is 6. The van der Waals surface area contributed by atoms with Crippen molar-refractivity contribution >= 4 is 31.9 Å². The number of piperidine rings is 1. The predicted molar refractivity (Wildman–Crippen MR) is 117 cm³/mol. The zero-order chi connectivity index (χ0) is 21.2. The van der Waals surface area contributed by atoms with Crippen LogP contribution in [0.15, 0.2) is 28.7 Å². The van der Waals surface area contributed by atoms with E-state index in [2.05, 4.69) is 42.0 Å². The highest BCUT2D eigenvalue weighted by Crippen LogP contribution is 2.28. The molecule has 0 unspecified atom stereocenters. The first-order chi connectivity index (χ1) is 12.8. The molecule has 5 nitrogen and oxygen atoms in total. The summed E-state index contributed by atoms with van der Waals surface area (Å²) < 4.78 is 27.9. The van der Waals surface area contributed by atoms with Crippen LogP contribution in [0.4, 0.5) is 0 Å². The van der Waals surface area contributed by atoms with Crippen LogP contribution in [-0.2, 0) is 20.6 Å². The van der Waals surface area contributed by atoms with Crippen molar-refractivity contribution < 1.29 is 13.2 Å². The van der Waals surface area contributed by atoms with Crippen molar-refractivity contribution in [2.45, 2.75) is 65.2 Å². The molecule has 1 aliphatic rings. The average Bonchev–Trinajstić information content (AvgIpc) is 2.51. The van der Waals surface area contributed by atoms with Gasteiger partial charge in [-0.05, 0) is 56.2 Å². The second kappa shape index (κ2) is 8.84. The van der Waals surface area contributed by atoms with E-state index >= 15 is 0 Å². The van der Waals surface area contributed by atoms with Crippen LogP contribution in [0.25, 0.3) is 0 Å². The molecule has 28 heavy (non-hydrogen) atoms. The fourth-order valence-corrected chi connectivity index (χ4v) is 6.13. The van der Waals surface area contributed by atoms with Crippen molar-refractivity contribution in [3.8, 4) is 0 Å². The minimum Gasteiger partial charge on any atom is -0.351 e. The molecule has 158 valence electrons. The summed E-state index contributed by atoms with van der Waals surface area (Å²) in [6, 6.07) is 7.36. The van der Waals surface area contributed by atoms with Crippen molar-refractivity contribution in [1.82, 2.24) is 9.62 Å². The molecule has 7 heteroatoms. The van der Waals surface area contributed by atoms with E-state index in [1.165, 1.54) is 4.31 Å². The fourth-order valence-electron chi connectivity index (χ4n) is 4.13. The normalized spacial score (nSPS) is 17.5. The zero-order valence-corrected chi connectivity index (χ0v) is 20.0. The van der Waals surface area contributed by atoms with Crippen LogP contribution >= 0.6 is 15.9 Å². The van der Waals surface area contributed by atoms with E-state index in [9.17, 15) is 13.2 Å². The van der Waals surface area contributed by atoms with Crippen LogP contribution in [0.3, 0.4) is 0 Å². The Kier molecular flexibility index (Phi) is 7.37. The molecule has 0 atom stereocenters. The summed E-state index contributed by atoms with van der Waals surface area (Å²) in [5.41, 5.74) is 0.609. The van der Waals surface area contributed by atoms with Gasteiger partial charge in [0.15, 0.2) is 0 Å². The van der Waals surface area contributed by atoms with Gasteiger partial charge >= 0.3 is 0 Å². The van der Waals surface area contributed by atoms with Gasteiger partial charge in [0.25, 0.3) is 0 Å². The lowest BCUT2D eigenvalue weighted by molar-refractivity contribution is -0.128. The molecule has 2 rings (SSSR count). The molecule has 0 radical (unpaired) electrons. The van der Waals surface area contributed by atoms with Gasteiger partial charge in [-0.3, -0.25) is 4.79 Å². The number of carbonyl (C=O) groups excluding carboxylic acids is 1. The topological polar surface area (TPSA) is 66.5 Å². The average molecular weight is 473 g/mol. The molecule has 1 fully saturated rings. The summed E-state index contributed by atoms with van der Waals surface area (Å²) in [7, 11) is -3.38. The second-order valence-electron chi connectivity index (χ2n) is 9.67. The largest absolute Gasteiger partial charge is 0.351 e. The summed E-state index contributed by atoms with van der Waals surface area (Å²) in [5.74, 6) is -0.100. The number of benzene rings is 1. The van der Waals surface area contributed by atoms with E-state index in [4.69, 9.17) is 0 Å². The highest BCUT2D eigenvalue weighted by Gasteiger charge is 2.34. The molecular weight excluding hydrogens is 440 g/mol. The van der Waals surface area contributed by atoms with Crippen molar-refractivity contribution in [2.75, 3.05) is 13.1 Å². The lowest BCUT2D eigenvalue weighted by atomic mass is 9.81. The standard InChI is InChI=1S/C21H33BrN2O3S/c1-20(2,3)15-21(4,5)23-19(25)17-9-11-24(12-10-17)28(26,27)14-16-7-6-8-18(22)13-16/h6-8,13,17H,9-12,14-15H2,1-5H3,(H,23,25). The highest BCUT2D eigenvalue weighted by molar-refractivity contribution is 9.10. The summed E-state index contributed by atoms with van der Waals surface area (Å²) in [4.78, 5) is 12.7. The third kappa shape index (κ3) is 7.16. The minimum absolute atomic E-state index is 0.0120. The van der Waals surface area contributed by atoms with Crippen molar-refractivity contribution in [1.29, 1.82) is 0 Å². The number of halogens is 1. The first kappa shape index (κ1) is 23.4. The quantitative estimate of drug-likeness (QED) is 0.669. The molecule has 0 bridgehead atoms. The molecule has 0 aliphatic carbocycles. The van der Waals surface area contributed by atoms with E-state index in [0.717, 1.165) is 16.5 Å². The van der Waals surface area contributed by atoms with Gasteiger partial charge in [-0.1, -0.05) is 48.8 Å². The Balaban J connectivity index is 1.92. The number of carbonyl (C=O) groups is 1. The molecule has 1 aromatic carbocycles. The lowest BCUT2D eigenvalue weighted by Crippen LogP contribution is -2.50. The number of hydrogen-bond donors (Lipinski definition) is 1. The van der Waals surface area contributed by atoms with Crippen LogP contribution in [-0.4, -0.2) is 37.3 Å². The summed E-state index contributed by atoms with van der Waals surface area (Å²) in [5, 5.41) is 3.17. The predicted octanol–water partition coefficient (Wildman–Crippen LogP) is 4.32. The molecule has 1 heterocycles. The van der Waals surface area contributed by atoms with Gasteiger partial charge in [-0.15, -0.1) is 0 Å². The monoisotopic (exact) mass is 472 g/mol. The molecule has 0 spiro atoms. The van der Waals surface area contributed by atoms with Crippen LogP contribution in [0.2, 0.25) is 0 Å². The van der Waals surface area contributed by atoms with Gasteiger partial charge in [0.1, 0.15) is 0 Å². The molecule has 1 aromatic rings. The van der Waals surface area contributed by atoms with Gasteiger partial charge < -0.3 is 5.32 Å². The van der Waals surface area contributed by atoms with Crippen LogP contribution in [0.1, 0.15) is 59.4 Å². The fraction of sp³-hybridized carbons (Fsp3) is 0.667. The number of amides is 1.